The predicted molar refractivity (Wildman–Crippen MR) is 102 cm³/mol. The zero-order valence-electron chi connectivity index (χ0n) is 14.7. The average Bonchev–Trinajstić information content (AvgIpc) is 2.72. The van der Waals surface area contributed by atoms with E-state index in [0.29, 0.717) is 0 Å². The van der Waals surface area contributed by atoms with Gasteiger partial charge in [0.1, 0.15) is 6.33 Å². The topological polar surface area (TPSA) is 51.6 Å². The van der Waals surface area contributed by atoms with Crippen molar-refractivity contribution in [2.24, 2.45) is 0 Å². The molecule has 3 aromatic heterocycles. The van der Waals surface area contributed by atoms with E-state index < -0.39 is 0 Å². The first kappa shape index (κ1) is 19.2. The van der Waals surface area contributed by atoms with Crippen LogP contribution in [0.1, 0.15) is 27.7 Å². The molecule has 0 aliphatic heterocycles. The standard InChI is InChI=1S/2C8H6N2.2C2H6/c1-3-7-4-2-6-10-8(7)9-5-1;1-2-4-8-7(3-1)5-9-6-10-8;2*1-2/h2*1-6H;2*1-2H3. The molecule has 0 aliphatic rings. The summed E-state index contributed by atoms with van der Waals surface area (Å²) in [7, 11) is 0. The number of benzene rings is 1. The number of hydrogen-bond acceptors (Lipinski definition) is 4. The fourth-order valence-electron chi connectivity index (χ4n) is 1.83. The zero-order chi connectivity index (χ0) is 17.6. The Morgan fingerprint density at radius 2 is 1.21 bits per heavy atom. The number of aromatic nitrogens is 4. The van der Waals surface area contributed by atoms with E-state index in [4.69, 9.17) is 0 Å². The first-order chi connectivity index (χ1) is 11.9. The van der Waals surface area contributed by atoms with Gasteiger partial charge in [0.05, 0.1) is 5.52 Å². The van der Waals surface area contributed by atoms with Crippen molar-refractivity contribution in [2.75, 3.05) is 0 Å². The van der Waals surface area contributed by atoms with Crippen molar-refractivity contribution in [3.8, 4) is 0 Å². The number of nitrogens with zero attached hydrogens (tertiary/aromatic N) is 4. The van der Waals surface area contributed by atoms with Gasteiger partial charge in [0.2, 0.25) is 0 Å². The monoisotopic (exact) mass is 320 g/mol. The molecule has 4 rings (SSSR count). The van der Waals surface area contributed by atoms with Crippen LogP contribution in [-0.4, -0.2) is 19.9 Å². The fraction of sp³-hybridized carbons (Fsp3) is 0.200. The van der Waals surface area contributed by atoms with E-state index in [0.717, 1.165) is 21.9 Å². The first-order valence-corrected chi connectivity index (χ1v) is 8.24. The van der Waals surface area contributed by atoms with Crippen molar-refractivity contribution < 1.29 is 0 Å². The maximum absolute atomic E-state index is 4.07. The van der Waals surface area contributed by atoms with Gasteiger partial charge in [0, 0.05) is 29.4 Å². The minimum atomic E-state index is 0.810. The summed E-state index contributed by atoms with van der Waals surface area (Å²) in [5.41, 5.74) is 1.81. The van der Waals surface area contributed by atoms with Crippen LogP contribution in [0.2, 0.25) is 0 Å². The van der Waals surface area contributed by atoms with E-state index in [-0.39, 0.29) is 0 Å². The van der Waals surface area contributed by atoms with Gasteiger partial charge in [-0.25, -0.2) is 19.9 Å². The quantitative estimate of drug-likeness (QED) is 0.440. The second-order valence-corrected chi connectivity index (χ2v) is 4.14. The predicted octanol–water partition coefficient (Wildman–Crippen LogP) is 5.31. The molecule has 1 aromatic carbocycles. The van der Waals surface area contributed by atoms with Gasteiger partial charge >= 0.3 is 0 Å². The Morgan fingerprint density at radius 3 is 1.79 bits per heavy atom. The van der Waals surface area contributed by atoms with Crippen LogP contribution in [0.4, 0.5) is 0 Å². The average molecular weight is 320 g/mol. The van der Waals surface area contributed by atoms with Crippen LogP contribution in [0.25, 0.3) is 21.9 Å². The lowest BCUT2D eigenvalue weighted by Crippen LogP contribution is -1.78. The molecule has 3 heterocycles. The van der Waals surface area contributed by atoms with Crippen LogP contribution in [-0.2, 0) is 0 Å². The van der Waals surface area contributed by atoms with E-state index in [9.17, 15) is 0 Å². The Kier molecular flexibility index (Phi) is 9.31. The molecule has 0 aliphatic carbocycles. The summed E-state index contributed by atoms with van der Waals surface area (Å²) in [5, 5.41) is 2.18. The molecule has 0 N–H and O–H groups in total. The van der Waals surface area contributed by atoms with Crippen LogP contribution in [0.3, 0.4) is 0 Å². The van der Waals surface area contributed by atoms with E-state index in [1.807, 2.05) is 82.4 Å². The van der Waals surface area contributed by atoms with Crippen LogP contribution < -0.4 is 0 Å². The summed E-state index contributed by atoms with van der Waals surface area (Å²) in [4.78, 5) is 16.1. The van der Waals surface area contributed by atoms with Crippen molar-refractivity contribution in [1.82, 2.24) is 19.9 Å². The summed E-state index contributed by atoms with van der Waals surface area (Å²) >= 11 is 0. The number of rotatable bonds is 0. The second-order valence-electron chi connectivity index (χ2n) is 4.14. The first-order valence-electron chi connectivity index (χ1n) is 8.24. The highest BCUT2D eigenvalue weighted by Crippen LogP contribution is 2.06. The largest absolute Gasteiger partial charge is 0.244 e. The van der Waals surface area contributed by atoms with Gasteiger partial charge in [-0.3, -0.25) is 0 Å². The third-order valence-corrected chi connectivity index (χ3v) is 2.79. The molecule has 0 atom stereocenters. The minimum Gasteiger partial charge on any atom is -0.244 e. The van der Waals surface area contributed by atoms with Gasteiger partial charge in [-0.15, -0.1) is 0 Å². The SMILES string of the molecule is CC.CC.c1ccc2ncncc2c1.c1cnc2ncccc2c1. The molecule has 0 fully saturated rings. The van der Waals surface area contributed by atoms with Gasteiger partial charge in [-0.05, 0) is 30.3 Å². The smallest absolute Gasteiger partial charge is 0.159 e. The van der Waals surface area contributed by atoms with E-state index >= 15 is 0 Å². The lowest BCUT2D eigenvalue weighted by molar-refractivity contribution is 1.22. The molecule has 24 heavy (non-hydrogen) atoms. The van der Waals surface area contributed by atoms with E-state index in [1.165, 1.54) is 0 Å². The molecule has 0 radical (unpaired) electrons. The Labute approximate surface area is 143 Å². The Balaban J connectivity index is 0.000000199. The van der Waals surface area contributed by atoms with E-state index in [1.54, 1.807) is 18.7 Å². The zero-order valence-corrected chi connectivity index (χ0v) is 14.7. The molecule has 124 valence electrons. The molecule has 0 bridgehead atoms. The van der Waals surface area contributed by atoms with Gasteiger partial charge in [-0.1, -0.05) is 45.9 Å². The molecule has 4 nitrogen and oxygen atoms in total. The third-order valence-electron chi connectivity index (χ3n) is 2.79. The Bertz CT molecular complexity index is 629. The van der Waals surface area contributed by atoms with Crippen molar-refractivity contribution in [2.45, 2.75) is 27.7 Å². The Hall–Kier alpha value is -2.88. The van der Waals surface area contributed by atoms with Gasteiger partial charge in [0.15, 0.2) is 5.65 Å². The highest BCUT2D eigenvalue weighted by Gasteiger charge is 1.88. The van der Waals surface area contributed by atoms with Crippen molar-refractivity contribution in [1.29, 1.82) is 0 Å². The van der Waals surface area contributed by atoms with Gasteiger partial charge in [0.25, 0.3) is 0 Å². The molecule has 0 unspecified atom stereocenters. The summed E-state index contributed by atoms with van der Waals surface area (Å²) in [6.07, 6.45) is 6.86. The number of hydrogen-bond donors (Lipinski definition) is 0. The van der Waals surface area contributed by atoms with Crippen LogP contribution in [0, 0.1) is 0 Å². The maximum atomic E-state index is 4.07. The molecule has 0 spiro atoms. The third kappa shape index (κ3) is 5.72. The van der Waals surface area contributed by atoms with Crippen LogP contribution >= 0.6 is 0 Å². The van der Waals surface area contributed by atoms with Crippen LogP contribution in [0.5, 0.6) is 0 Å². The summed E-state index contributed by atoms with van der Waals surface area (Å²) in [5.74, 6) is 0. The number of para-hydroxylation sites is 1. The Morgan fingerprint density at radius 1 is 0.625 bits per heavy atom. The molecular weight excluding hydrogens is 296 g/mol. The number of fused-ring (bicyclic) bond motifs is 2. The van der Waals surface area contributed by atoms with Crippen molar-refractivity contribution >= 4 is 21.9 Å². The summed E-state index contributed by atoms with van der Waals surface area (Å²) in [6.45, 7) is 8.00. The summed E-state index contributed by atoms with van der Waals surface area (Å²) in [6, 6.07) is 15.7. The fourth-order valence-corrected chi connectivity index (χ4v) is 1.83. The number of pyridine rings is 2. The highest BCUT2D eigenvalue weighted by molar-refractivity contribution is 5.76. The highest BCUT2D eigenvalue weighted by atomic mass is 14.8. The normalized spacial score (nSPS) is 8.83. The van der Waals surface area contributed by atoms with Crippen molar-refractivity contribution in [3.05, 3.63) is 73.4 Å². The lowest BCUT2D eigenvalue weighted by Gasteiger charge is -1.90. The van der Waals surface area contributed by atoms with E-state index in [2.05, 4.69) is 19.9 Å². The van der Waals surface area contributed by atoms with Crippen molar-refractivity contribution in [3.63, 3.8) is 0 Å². The van der Waals surface area contributed by atoms with Gasteiger partial charge in [-0.2, -0.15) is 0 Å². The second kappa shape index (κ2) is 11.7. The molecule has 0 saturated carbocycles. The molecule has 4 heteroatoms. The minimum absolute atomic E-state index is 0.810. The van der Waals surface area contributed by atoms with Crippen LogP contribution in [0.15, 0.2) is 73.4 Å². The van der Waals surface area contributed by atoms with Gasteiger partial charge < -0.3 is 0 Å². The molecule has 4 aromatic rings. The molecule has 0 saturated heterocycles. The molecular formula is C20H24N4. The summed E-state index contributed by atoms with van der Waals surface area (Å²) < 4.78 is 0. The maximum Gasteiger partial charge on any atom is 0.159 e. The lowest BCUT2D eigenvalue weighted by atomic mass is 10.2. The molecule has 0 amide bonds.